The van der Waals surface area contributed by atoms with E-state index in [4.69, 9.17) is 4.98 Å². The van der Waals surface area contributed by atoms with Gasteiger partial charge in [-0.2, -0.15) is 0 Å². The standard InChI is InChI=1S/C28H44N2/c1-8-13-15-16-18-24(6)28(20-11-4,21-12-5)27-29-22-23-30(27)25(7)26(17-10-3)19-14-9-2/h13-19,22-23,25H,6,8-12,20-21H2,1-5,7H3/b15-13-,18-16-,19-14-,26-17+. The highest BCUT2D eigenvalue weighted by molar-refractivity contribution is 5.37. The average Bonchev–Trinajstić information content (AvgIpc) is 3.23. The van der Waals surface area contributed by atoms with E-state index < -0.39 is 0 Å². The third-order valence-corrected chi connectivity index (χ3v) is 5.73. The van der Waals surface area contributed by atoms with Gasteiger partial charge in [0.05, 0.1) is 11.5 Å². The molecule has 1 aromatic rings. The van der Waals surface area contributed by atoms with Crippen molar-refractivity contribution in [3.63, 3.8) is 0 Å². The molecule has 0 amide bonds. The maximum atomic E-state index is 4.93. The van der Waals surface area contributed by atoms with Crippen LogP contribution < -0.4 is 0 Å². The van der Waals surface area contributed by atoms with E-state index >= 15 is 0 Å². The van der Waals surface area contributed by atoms with Gasteiger partial charge in [-0.05, 0) is 50.2 Å². The first-order valence-electron chi connectivity index (χ1n) is 11.9. The van der Waals surface area contributed by atoms with Crippen LogP contribution in [0.5, 0.6) is 0 Å². The summed E-state index contributed by atoms with van der Waals surface area (Å²) < 4.78 is 2.38. The van der Waals surface area contributed by atoms with Crippen molar-refractivity contribution >= 4 is 0 Å². The zero-order valence-electron chi connectivity index (χ0n) is 20.3. The average molecular weight is 409 g/mol. The van der Waals surface area contributed by atoms with Gasteiger partial charge in [0.2, 0.25) is 0 Å². The van der Waals surface area contributed by atoms with Gasteiger partial charge in [0.15, 0.2) is 0 Å². The minimum absolute atomic E-state index is 0.135. The van der Waals surface area contributed by atoms with Crippen molar-refractivity contribution in [1.82, 2.24) is 9.55 Å². The van der Waals surface area contributed by atoms with Crippen molar-refractivity contribution in [2.45, 2.75) is 97.9 Å². The predicted octanol–water partition coefficient (Wildman–Crippen LogP) is 8.66. The third kappa shape index (κ3) is 6.72. The van der Waals surface area contributed by atoms with E-state index in [0.29, 0.717) is 0 Å². The fourth-order valence-electron chi connectivity index (χ4n) is 4.24. The number of aromatic nitrogens is 2. The summed E-state index contributed by atoms with van der Waals surface area (Å²) in [4.78, 5) is 4.93. The highest BCUT2D eigenvalue weighted by atomic mass is 15.1. The molecule has 2 nitrogen and oxygen atoms in total. The molecule has 166 valence electrons. The first kappa shape index (κ1) is 25.9. The summed E-state index contributed by atoms with van der Waals surface area (Å²) in [5, 5.41) is 0. The molecule has 0 aromatic carbocycles. The fraction of sp³-hybridized carbons (Fsp3) is 0.536. The van der Waals surface area contributed by atoms with Gasteiger partial charge < -0.3 is 4.57 Å². The molecular formula is C28H44N2. The van der Waals surface area contributed by atoms with Crippen LogP contribution in [0.25, 0.3) is 0 Å². The summed E-state index contributed by atoms with van der Waals surface area (Å²) in [7, 11) is 0. The van der Waals surface area contributed by atoms with Gasteiger partial charge in [0.25, 0.3) is 0 Å². The Morgan fingerprint density at radius 2 is 1.67 bits per heavy atom. The van der Waals surface area contributed by atoms with E-state index in [1.54, 1.807) is 0 Å². The summed E-state index contributed by atoms with van der Waals surface area (Å²) in [6.45, 7) is 17.9. The number of hydrogen-bond acceptors (Lipinski definition) is 1. The van der Waals surface area contributed by atoms with Crippen LogP contribution in [0.4, 0.5) is 0 Å². The monoisotopic (exact) mass is 408 g/mol. The van der Waals surface area contributed by atoms with E-state index in [1.165, 1.54) is 5.57 Å². The van der Waals surface area contributed by atoms with Gasteiger partial charge in [0, 0.05) is 12.4 Å². The molecule has 0 spiro atoms. The lowest BCUT2D eigenvalue weighted by Gasteiger charge is -2.36. The summed E-state index contributed by atoms with van der Waals surface area (Å²) in [6.07, 6.45) is 27.1. The van der Waals surface area contributed by atoms with Crippen molar-refractivity contribution in [3.8, 4) is 0 Å². The largest absolute Gasteiger partial charge is 0.327 e. The van der Waals surface area contributed by atoms with Gasteiger partial charge in [-0.25, -0.2) is 4.98 Å². The normalized spacial score (nSPS) is 14.4. The molecule has 0 saturated carbocycles. The molecule has 1 aromatic heterocycles. The molecule has 0 aliphatic rings. The van der Waals surface area contributed by atoms with Gasteiger partial charge in [-0.15, -0.1) is 0 Å². The first-order chi connectivity index (χ1) is 14.5. The van der Waals surface area contributed by atoms with Crippen LogP contribution in [0.1, 0.15) is 98.4 Å². The zero-order valence-corrected chi connectivity index (χ0v) is 20.3. The van der Waals surface area contributed by atoms with Crippen molar-refractivity contribution in [1.29, 1.82) is 0 Å². The molecule has 0 aliphatic heterocycles. The maximum absolute atomic E-state index is 4.93. The van der Waals surface area contributed by atoms with Crippen LogP contribution in [-0.4, -0.2) is 9.55 Å². The second-order valence-electron chi connectivity index (χ2n) is 8.06. The summed E-state index contributed by atoms with van der Waals surface area (Å²) >= 11 is 0. The minimum atomic E-state index is -0.135. The molecular weight excluding hydrogens is 364 g/mol. The lowest BCUT2D eigenvalue weighted by molar-refractivity contribution is 0.379. The number of hydrogen-bond donors (Lipinski definition) is 0. The second kappa shape index (κ2) is 14.0. The third-order valence-electron chi connectivity index (χ3n) is 5.73. The van der Waals surface area contributed by atoms with Crippen LogP contribution in [0.15, 0.2) is 72.7 Å². The SMILES string of the molecule is C=C(/C=C\C=C/CC)C(CCC)(CCC)c1nccn1C(C)C(/C=C\CC)=C/CC. The molecule has 30 heavy (non-hydrogen) atoms. The molecule has 0 bridgehead atoms. The first-order valence-corrected chi connectivity index (χ1v) is 11.9. The van der Waals surface area contributed by atoms with Crippen LogP contribution >= 0.6 is 0 Å². The highest BCUT2D eigenvalue weighted by Crippen LogP contribution is 2.41. The number of allylic oxidation sites excluding steroid dienone is 9. The van der Waals surface area contributed by atoms with E-state index in [2.05, 4.69) is 101 Å². The van der Waals surface area contributed by atoms with Crippen molar-refractivity contribution in [2.24, 2.45) is 0 Å². The number of rotatable bonds is 14. The Labute approximate surface area is 186 Å². The van der Waals surface area contributed by atoms with Crippen LogP contribution in [0.2, 0.25) is 0 Å². The molecule has 1 heterocycles. The Hall–Kier alpha value is -2.09. The van der Waals surface area contributed by atoms with Crippen LogP contribution in [0, 0.1) is 0 Å². The quantitative estimate of drug-likeness (QED) is 0.281. The van der Waals surface area contributed by atoms with E-state index in [9.17, 15) is 0 Å². The number of imidazole rings is 1. The summed E-state index contributed by atoms with van der Waals surface area (Å²) in [6, 6.07) is 0.245. The molecule has 0 N–H and O–H groups in total. The summed E-state index contributed by atoms with van der Waals surface area (Å²) in [5.74, 6) is 1.15. The van der Waals surface area contributed by atoms with E-state index in [1.807, 2.05) is 6.20 Å². The van der Waals surface area contributed by atoms with Gasteiger partial charge in [-0.1, -0.05) is 96.6 Å². The van der Waals surface area contributed by atoms with Gasteiger partial charge in [0.1, 0.15) is 5.82 Å². The molecule has 1 atom stereocenters. The van der Waals surface area contributed by atoms with Crippen molar-refractivity contribution < 1.29 is 0 Å². The molecule has 1 unspecified atom stereocenters. The van der Waals surface area contributed by atoms with E-state index in [-0.39, 0.29) is 11.5 Å². The molecule has 0 fully saturated rings. The summed E-state index contributed by atoms with van der Waals surface area (Å²) in [5.41, 5.74) is 2.38. The predicted molar refractivity (Wildman–Crippen MR) is 134 cm³/mol. The topological polar surface area (TPSA) is 17.8 Å². The Balaban J connectivity index is 3.50. The zero-order chi connectivity index (χ0) is 22.4. The van der Waals surface area contributed by atoms with Gasteiger partial charge in [-0.3, -0.25) is 0 Å². The molecule has 0 radical (unpaired) electrons. The lowest BCUT2D eigenvalue weighted by atomic mass is 9.72. The smallest absolute Gasteiger partial charge is 0.119 e. The second-order valence-corrected chi connectivity index (χ2v) is 8.06. The highest BCUT2D eigenvalue weighted by Gasteiger charge is 2.37. The Morgan fingerprint density at radius 1 is 1.00 bits per heavy atom. The van der Waals surface area contributed by atoms with E-state index in [0.717, 1.165) is 56.3 Å². The molecule has 0 aliphatic carbocycles. The van der Waals surface area contributed by atoms with Crippen molar-refractivity contribution in [3.05, 3.63) is 78.5 Å². The molecule has 1 rings (SSSR count). The van der Waals surface area contributed by atoms with Crippen LogP contribution in [0.3, 0.4) is 0 Å². The van der Waals surface area contributed by atoms with Crippen molar-refractivity contribution in [2.75, 3.05) is 0 Å². The fourth-order valence-corrected chi connectivity index (χ4v) is 4.24. The molecule has 0 saturated heterocycles. The van der Waals surface area contributed by atoms with Gasteiger partial charge >= 0.3 is 0 Å². The minimum Gasteiger partial charge on any atom is -0.327 e. The number of nitrogens with zero attached hydrogens (tertiary/aromatic N) is 2. The maximum Gasteiger partial charge on any atom is 0.119 e. The Morgan fingerprint density at radius 3 is 2.23 bits per heavy atom. The molecule has 2 heteroatoms. The Bertz CT molecular complexity index is 736. The van der Waals surface area contributed by atoms with Crippen LogP contribution in [-0.2, 0) is 5.41 Å². The Kier molecular flexibility index (Phi) is 12.1. The lowest BCUT2D eigenvalue weighted by Crippen LogP contribution is -2.32.